The molecule has 0 aliphatic heterocycles. The highest BCUT2D eigenvalue weighted by molar-refractivity contribution is 6.05. The number of carboxylic acid groups (broad SMARTS) is 1. The smallest absolute Gasteiger partial charge is 0.338 e. The van der Waals surface area contributed by atoms with Gasteiger partial charge in [-0.25, -0.2) is 9.59 Å². The Balaban J connectivity index is 1.47. The molecule has 0 unspecified atom stereocenters. The van der Waals surface area contributed by atoms with Gasteiger partial charge in [-0.3, -0.25) is 4.79 Å². The van der Waals surface area contributed by atoms with Crippen molar-refractivity contribution in [3.63, 3.8) is 0 Å². The van der Waals surface area contributed by atoms with Crippen molar-refractivity contribution in [2.45, 2.75) is 43.9 Å². The van der Waals surface area contributed by atoms with Crippen molar-refractivity contribution < 1.29 is 24.2 Å². The number of hydrogen-bond donors (Lipinski definition) is 2. The minimum absolute atomic E-state index is 0.0578. The van der Waals surface area contributed by atoms with Gasteiger partial charge in [-0.05, 0) is 110 Å². The van der Waals surface area contributed by atoms with Crippen LogP contribution in [0, 0.1) is 17.8 Å². The van der Waals surface area contributed by atoms with Crippen LogP contribution in [0.2, 0.25) is 0 Å². The van der Waals surface area contributed by atoms with Gasteiger partial charge in [-0.2, -0.15) is 0 Å². The summed E-state index contributed by atoms with van der Waals surface area (Å²) in [6, 6.07) is 11.3. The minimum Gasteiger partial charge on any atom is -0.478 e. The molecule has 0 radical (unpaired) electrons. The maximum absolute atomic E-state index is 13.0. The highest BCUT2D eigenvalue weighted by Gasteiger charge is 2.52. The van der Waals surface area contributed by atoms with Gasteiger partial charge in [0.15, 0.2) is 0 Å². The van der Waals surface area contributed by atoms with Crippen LogP contribution in [0.5, 0.6) is 0 Å². The summed E-state index contributed by atoms with van der Waals surface area (Å²) >= 11 is 0. The van der Waals surface area contributed by atoms with Crippen molar-refractivity contribution in [3.8, 4) is 0 Å². The number of rotatable bonds is 5. The van der Waals surface area contributed by atoms with Crippen LogP contribution in [0.4, 0.5) is 5.69 Å². The lowest BCUT2D eigenvalue weighted by atomic mass is 9.47. The van der Waals surface area contributed by atoms with E-state index in [1.807, 2.05) is 6.07 Å². The molecule has 4 aliphatic carbocycles. The molecule has 0 spiro atoms. The van der Waals surface area contributed by atoms with Gasteiger partial charge in [0.25, 0.3) is 5.91 Å². The minimum atomic E-state index is -1.01. The van der Waals surface area contributed by atoms with Gasteiger partial charge < -0.3 is 15.2 Å². The number of amides is 1. The molecule has 0 saturated heterocycles. The first-order valence-electron chi connectivity index (χ1n) is 11.2. The molecule has 6 heteroatoms. The third kappa shape index (κ3) is 3.57. The Bertz CT molecular complexity index is 1050. The molecular weight excluding hydrogens is 406 g/mol. The third-order valence-corrected chi connectivity index (χ3v) is 7.69. The standard InChI is InChI=1S/C26H27NO5/c1-32-25(31)21-7-4-19(23(28)27-20-5-2-18(3-6-20)24(29)30)11-22(21)26-12-15-8-16(13-26)10-17(9-15)14-26/h2-7,11,15-17H,8-10,12-14H2,1H3,(H,27,28)(H,29,30). The first-order chi connectivity index (χ1) is 15.4. The monoisotopic (exact) mass is 433 g/mol. The van der Waals surface area contributed by atoms with E-state index in [-0.39, 0.29) is 22.9 Å². The molecule has 4 saturated carbocycles. The summed E-state index contributed by atoms with van der Waals surface area (Å²) in [5, 5.41) is 11.9. The summed E-state index contributed by atoms with van der Waals surface area (Å²) in [6.07, 6.45) is 7.10. The van der Waals surface area contributed by atoms with Crippen LogP contribution < -0.4 is 5.32 Å². The molecule has 4 bridgehead atoms. The van der Waals surface area contributed by atoms with Crippen LogP contribution >= 0.6 is 0 Å². The van der Waals surface area contributed by atoms with Crippen LogP contribution in [0.3, 0.4) is 0 Å². The fraction of sp³-hybridized carbons (Fsp3) is 0.423. The number of carbonyl (C=O) groups is 3. The van der Waals surface area contributed by atoms with E-state index in [1.54, 1.807) is 24.3 Å². The molecule has 2 aromatic rings. The number of carboxylic acids is 1. The van der Waals surface area contributed by atoms with E-state index < -0.39 is 5.97 Å². The SMILES string of the molecule is COC(=O)c1ccc(C(=O)Nc2ccc(C(=O)O)cc2)cc1C12CC3CC(CC(C3)C1)C2. The number of anilines is 1. The van der Waals surface area contributed by atoms with Crippen LogP contribution in [-0.4, -0.2) is 30.1 Å². The van der Waals surface area contributed by atoms with Gasteiger partial charge in [-0.1, -0.05) is 0 Å². The first kappa shape index (κ1) is 20.7. The number of aromatic carboxylic acids is 1. The fourth-order valence-corrected chi connectivity index (χ4v) is 6.75. The number of ether oxygens (including phenoxy) is 1. The van der Waals surface area contributed by atoms with Crippen molar-refractivity contribution in [2.24, 2.45) is 17.8 Å². The number of benzene rings is 2. The van der Waals surface area contributed by atoms with Crippen LogP contribution in [0.1, 0.15) is 75.2 Å². The molecule has 2 N–H and O–H groups in total. The van der Waals surface area contributed by atoms with E-state index in [9.17, 15) is 14.4 Å². The Kier molecular flexibility index (Phi) is 5.03. The summed E-state index contributed by atoms with van der Waals surface area (Å²) in [5.41, 5.74) is 2.64. The topological polar surface area (TPSA) is 92.7 Å². The average Bonchev–Trinajstić information content (AvgIpc) is 2.77. The summed E-state index contributed by atoms with van der Waals surface area (Å²) in [7, 11) is 1.40. The molecule has 4 fully saturated rings. The number of esters is 1. The van der Waals surface area contributed by atoms with Crippen molar-refractivity contribution in [1.82, 2.24) is 0 Å². The maximum atomic E-state index is 13.0. The largest absolute Gasteiger partial charge is 0.478 e. The average molecular weight is 434 g/mol. The number of nitrogens with one attached hydrogen (secondary N) is 1. The summed E-state index contributed by atoms with van der Waals surface area (Å²) in [5.74, 6) is 0.467. The third-order valence-electron chi connectivity index (χ3n) is 7.69. The Morgan fingerprint density at radius 3 is 2.00 bits per heavy atom. The predicted molar refractivity (Wildman–Crippen MR) is 119 cm³/mol. The second kappa shape index (κ2) is 7.76. The van der Waals surface area contributed by atoms with Crippen molar-refractivity contribution >= 4 is 23.5 Å². The van der Waals surface area contributed by atoms with Crippen LogP contribution in [-0.2, 0) is 10.2 Å². The van der Waals surface area contributed by atoms with Crippen LogP contribution in [0.25, 0.3) is 0 Å². The Morgan fingerprint density at radius 1 is 0.906 bits per heavy atom. The second-order valence-electron chi connectivity index (χ2n) is 9.79. The van der Waals surface area contributed by atoms with Gasteiger partial charge >= 0.3 is 11.9 Å². The molecule has 2 aromatic carbocycles. The lowest BCUT2D eigenvalue weighted by Crippen LogP contribution is -2.49. The summed E-state index contributed by atoms with van der Waals surface area (Å²) < 4.78 is 5.08. The van der Waals surface area contributed by atoms with Crippen LogP contribution in [0.15, 0.2) is 42.5 Å². The molecule has 1 amide bonds. The molecule has 166 valence electrons. The predicted octanol–water partition coefficient (Wildman–Crippen LogP) is 4.89. The zero-order valence-electron chi connectivity index (χ0n) is 18.1. The lowest BCUT2D eigenvalue weighted by molar-refractivity contribution is -0.00595. The van der Waals surface area contributed by atoms with Gasteiger partial charge in [-0.15, -0.1) is 0 Å². The highest BCUT2D eigenvalue weighted by atomic mass is 16.5. The van der Waals surface area contributed by atoms with E-state index in [4.69, 9.17) is 9.84 Å². The van der Waals surface area contributed by atoms with Crippen molar-refractivity contribution in [2.75, 3.05) is 12.4 Å². The fourth-order valence-electron chi connectivity index (χ4n) is 6.75. The molecule has 0 atom stereocenters. The normalized spacial score (nSPS) is 27.7. The van der Waals surface area contributed by atoms with E-state index >= 15 is 0 Å². The zero-order chi connectivity index (χ0) is 22.5. The Morgan fingerprint density at radius 2 is 1.47 bits per heavy atom. The second-order valence-corrected chi connectivity index (χ2v) is 9.79. The van der Waals surface area contributed by atoms with E-state index in [1.165, 1.54) is 38.5 Å². The molecule has 0 aromatic heterocycles. The quantitative estimate of drug-likeness (QED) is 0.655. The molecule has 4 aliphatic rings. The van der Waals surface area contributed by atoms with E-state index in [0.29, 0.717) is 34.6 Å². The number of methoxy groups -OCH3 is 1. The summed E-state index contributed by atoms with van der Waals surface area (Å²) in [4.78, 5) is 36.7. The van der Waals surface area contributed by atoms with E-state index in [0.717, 1.165) is 24.8 Å². The lowest BCUT2D eigenvalue weighted by Gasteiger charge is -2.57. The van der Waals surface area contributed by atoms with Gasteiger partial charge in [0, 0.05) is 11.3 Å². The molecule has 6 rings (SSSR count). The van der Waals surface area contributed by atoms with Gasteiger partial charge in [0.05, 0.1) is 18.2 Å². The zero-order valence-corrected chi connectivity index (χ0v) is 18.1. The molecule has 0 heterocycles. The Labute approximate surface area is 187 Å². The number of carbonyl (C=O) groups excluding carboxylic acids is 2. The van der Waals surface area contributed by atoms with Gasteiger partial charge in [0.2, 0.25) is 0 Å². The van der Waals surface area contributed by atoms with Crippen molar-refractivity contribution in [1.29, 1.82) is 0 Å². The Hall–Kier alpha value is -3.15. The number of hydrogen-bond acceptors (Lipinski definition) is 4. The maximum Gasteiger partial charge on any atom is 0.338 e. The highest BCUT2D eigenvalue weighted by Crippen LogP contribution is 2.61. The van der Waals surface area contributed by atoms with Gasteiger partial charge in [0.1, 0.15) is 0 Å². The first-order valence-corrected chi connectivity index (χ1v) is 11.2. The molecular formula is C26H27NO5. The molecule has 6 nitrogen and oxygen atoms in total. The summed E-state index contributed by atoms with van der Waals surface area (Å²) in [6.45, 7) is 0. The van der Waals surface area contributed by atoms with Crippen molar-refractivity contribution in [3.05, 3.63) is 64.7 Å². The molecule has 32 heavy (non-hydrogen) atoms. The van der Waals surface area contributed by atoms with E-state index in [2.05, 4.69) is 5.32 Å².